The molecule has 2 rings (SSSR count). The summed E-state index contributed by atoms with van der Waals surface area (Å²) in [5.74, 6) is 0. The van der Waals surface area contributed by atoms with E-state index in [1.807, 2.05) is 6.92 Å². The third kappa shape index (κ3) is 2.62. The van der Waals surface area contributed by atoms with Gasteiger partial charge in [0.05, 0.1) is 6.20 Å². The molecule has 0 atom stereocenters. The van der Waals surface area contributed by atoms with Crippen LogP contribution in [0.5, 0.6) is 0 Å². The minimum atomic E-state index is -3.53. The SMILES string of the molecule is CCN(C1(CN)CCCCC1)S(=O)(=O)c1cnn(C)c1. The van der Waals surface area contributed by atoms with Gasteiger partial charge in [0, 0.05) is 31.9 Å². The first kappa shape index (κ1) is 15.5. The monoisotopic (exact) mass is 300 g/mol. The van der Waals surface area contributed by atoms with Crippen LogP contribution in [0.2, 0.25) is 0 Å². The maximum atomic E-state index is 12.9. The fourth-order valence-electron chi connectivity index (χ4n) is 3.18. The summed E-state index contributed by atoms with van der Waals surface area (Å²) in [6, 6.07) is 0. The van der Waals surface area contributed by atoms with Gasteiger partial charge in [0.15, 0.2) is 0 Å². The molecule has 0 unspecified atom stereocenters. The third-order valence-electron chi connectivity index (χ3n) is 4.25. The fourth-order valence-corrected chi connectivity index (χ4v) is 5.01. The Hall–Kier alpha value is -0.920. The molecule has 0 spiro atoms. The maximum Gasteiger partial charge on any atom is 0.246 e. The zero-order valence-electron chi connectivity index (χ0n) is 12.2. The number of hydrogen-bond donors (Lipinski definition) is 1. The number of nitrogens with zero attached hydrogens (tertiary/aromatic N) is 3. The minimum Gasteiger partial charge on any atom is -0.329 e. The Morgan fingerprint density at radius 3 is 2.50 bits per heavy atom. The first-order valence-corrected chi connectivity index (χ1v) is 8.62. The molecule has 1 aliphatic rings. The molecule has 1 aliphatic carbocycles. The summed E-state index contributed by atoms with van der Waals surface area (Å²) in [4.78, 5) is 0.250. The van der Waals surface area contributed by atoms with Gasteiger partial charge >= 0.3 is 0 Å². The van der Waals surface area contributed by atoms with Gasteiger partial charge in [-0.15, -0.1) is 0 Å². The van der Waals surface area contributed by atoms with E-state index in [0.29, 0.717) is 13.1 Å². The highest BCUT2D eigenvalue weighted by Gasteiger charge is 2.43. The average Bonchev–Trinajstić information content (AvgIpc) is 2.88. The largest absolute Gasteiger partial charge is 0.329 e. The Labute approximate surface area is 121 Å². The highest BCUT2D eigenvalue weighted by Crippen LogP contribution is 2.36. The number of sulfonamides is 1. The number of hydrogen-bond acceptors (Lipinski definition) is 4. The molecule has 20 heavy (non-hydrogen) atoms. The number of aryl methyl sites for hydroxylation is 1. The van der Waals surface area contributed by atoms with Gasteiger partial charge in [-0.1, -0.05) is 26.2 Å². The summed E-state index contributed by atoms with van der Waals surface area (Å²) < 4.78 is 28.8. The van der Waals surface area contributed by atoms with Crippen LogP contribution in [-0.4, -0.2) is 41.1 Å². The van der Waals surface area contributed by atoms with Crippen LogP contribution in [0.1, 0.15) is 39.0 Å². The second-order valence-electron chi connectivity index (χ2n) is 5.51. The molecule has 2 N–H and O–H groups in total. The summed E-state index contributed by atoms with van der Waals surface area (Å²) >= 11 is 0. The van der Waals surface area contributed by atoms with E-state index in [1.54, 1.807) is 17.5 Å². The maximum absolute atomic E-state index is 12.9. The van der Waals surface area contributed by atoms with E-state index in [9.17, 15) is 8.42 Å². The molecule has 1 heterocycles. The lowest BCUT2D eigenvalue weighted by Gasteiger charge is -2.44. The van der Waals surface area contributed by atoms with E-state index in [0.717, 1.165) is 32.1 Å². The molecule has 1 saturated carbocycles. The first-order chi connectivity index (χ1) is 9.46. The van der Waals surface area contributed by atoms with Crippen molar-refractivity contribution in [3.05, 3.63) is 12.4 Å². The topological polar surface area (TPSA) is 81.2 Å². The van der Waals surface area contributed by atoms with Crippen molar-refractivity contribution >= 4 is 10.0 Å². The van der Waals surface area contributed by atoms with Crippen molar-refractivity contribution in [2.45, 2.75) is 49.5 Å². The Balaban J connectivity index is 2.40. The quantitative estimate of drug-likeness (QED) is 0.882. The molecular formula is C13H24N4O2S. The van der Waals surface area contributed by atoms with Crippen LogP contribution >= 0.6 is 0 Å². The summed E-state index contributed by atoms with van der Waals surface area (Å²) in [5.41, 5.74) is 5.54. The van der Waals surface area contributed by atoms with E-state index < -0.39 is 15.6 Å². The molecule has 0 radical (unpaired) electrons. The minimum absolute atomic E-state index is 0.250. The lowest BCUT2D eigenvalue weighted by molar-refractivity contribution is 0.141. The second-order valence-corrected chi connectivity index (χ2v) is 7.37. The Bertz CT molecular complexity index is 546. The highest BCUT2D eigenvalue weighted by atomic mass is 32.2. The van der Waals surface area contributed by atoms with E-state index in [-0.39, 0.29) is 4.90 Å². The van der Waals surface area contributed by atoms with Gasteiger partial charge in [-0.05, 0) is 12.8 Å². The van der Waals surface area contributed by atoms with Crippen LogP contribution in [0.3, 0.4) is 0 Å². The van der Waals surface area contributed by atoms with Gasteiger partial charge in [0.2, 0.25) is 10.0 Å². The smallest absolute Gasteiger partial charge is 0.246 e. The number of aromatic nitrogens is 2. The molecule has 7 heteroatoms. The van der Waals surface area contributed by atoms with Crippen LogP contribution in [0.4, 0.5) is 0 Å². The van der Waals surface area contributed by atoms with Crippen LogP contribution in [0, 0.1) is 0 Å². The molecular weight excluding hydrogens is 276 g/mol. The number of nitrogens with two attached hydrogens (primary N) is 1. The van der Waals surface area contributed by atoms with Crippen molar-refractivity contribution in [1.82, 2.24) is 14.1 Å². The van der Waals surface area contributed by atoms with Gasteiger partial charge < -0.3 is 5.73 Å². The van der Waals surface area contributed by atoms with Crippen molar-refractivity contribution in [2.75, 3.05) is 13.1 Å². The normalized spacial score (nSPS) is 19.4. The van der Waals surface area contributed by atoms with E-state index in [1.165, 1.54) is 10.9 Å². The molecule has 0 bridgehead atoms. The molecule has 6 nitrogen and oxygen atoms in total. The zero-order valence-corrected chi connectivity index (χ0v) is 13.1. The Morgan fingerprint density at radius 2 is 2.05 bits per heavy atom. The summed E-state index contributed by atoms with van der Waals surface area (Å²) in [6.07, 6.45) is 7.88. The molecule has 1 aromatic heterocycles. The van der Waals surface area contributed by atoms with Crippen LogP contribution in [-0.2, 0) is 17.1 Å². The van der Waals surface area contributed by atoms with E-state index in [2.05, 4.69) is 5.10 Å². The molecule has 0 amide bonds. The first-order valence-electron chi connectivity index (χ1n) is 7.18. The van der Waals surface area contributed by atoms with Gasteiger partial charge in [0.1, 0.15) is 4.90 Å². The highest BCUT2D eigenvalue weighted by molar-refractivity contribution is 7.89. The summed E-state index contributed by atoms with van der Waals surface area (Å²) in [7, 11) is -1.81. The van der Waals surface area contributed by atoms with Gasteiger partial charge in [0.25, 0.3) is 0 Å². The van der Waals surface area contributed by atoms with E-state index >= 15 is 0 Å². The molecule has 0 aliphatic heterocycles. The van der Waals surface area contributed by atoms with Gasteiger partial charge in [-0.3, -0.25) is 4.68 Å². The van der Waals surface area contributed by atoms with Crippen molar-refractivity contribution in [1.29, 1.82) is 0 Å². The second kappa shape index (κ2) is 5.83. The summed E-state index contributed by atoms with van der Waals surface area (Å²) in [6.45, 7) is 2.69. The lowest BCUT2D eigenvalue weighted by Crippen LogP contribution is -2.57. The molecule has 0 aromatic carbocycles. The Morgan fingerprint density at radius 1 is 1.40 bits per heavy atom. The number of rotatable bonds is 5. The summed E-state index contributed by atoms with van der Waals surface area (Å²) in [5, 5.41) is 3.97. The van der Waals surface area contributed by atoms with E-state index in [4.69, 9.17) is 5.73 Å². The van der Waals surface area contributed by atoms with Crippen LogP contribution in [0.25, 0.3) is 0 Å². The van der Waals surface area contributed by atoms with Crippen molar-refractivity contribution in [3.63, 3.8) is 0 Å². The van der Waals surface area contributed by atoms with Gasteiger partial charge in [-0.25, -0.2) is 8.42 Å². The average molecular weight is 300 g/mol. The molecule has 1 fully saturated rings. The molecule has 1 aromatic rings. The van der Waals surface area contributed by atoms with Crippen molar-refractivity contribution < 1.29 is 8.42 Å². The number of likely N-dealkylation sites (N-methyl/N-ethyl adjacent to an activating group) is 1. The predicted octanol–water partition coefficient (Wildman–Crippen LogP) is 1.09. The van der Waals surface area contributed by atoms with Crippen molar-refractivity contribution in [2.24, 2.45) is 12.8 Å². The van der Waals surface area contributed by atoms with Crippen molar-refractivity contribution in [3.8, 4) is 0 Å². The fraction of sp³-hybridized carbons (Fsp3) is 0.769. The molecule has 0 saturated heterocycles. The third-order valence-corrected chi connectivity index (χ3v) is 6.28. The zero-order chi connectivity index (χ0) is 14.8. The van der Waals surface area contributed by atoms with Gasteiger partial charge in [-0.2, -0.15) is 9.40 Å². The Kier molecular flexibility index (Phi) is 4.51. The van der Waals surface area contributed by atoms with Crippen LogP contribution < -0.4 is 5.73 Å². The van der Waals surface area contributed by atoms with Crippen LogP contribution in [0.15, 0.2) is 17.3 Å². The standard InChI is InChI=1S/C13H24N4O2S/c1-3-17(13(11-14)7-5-4-6-8-13)20(18,19)12-9-15-16(2)10-12/h9-10H,3-8,11,14H2,1-2H3. The lowest BCUT2D eigenvalue weighted by atomic mass is 9.81. The predicted molar refractivity (Wildman–Crippen MR) is 77.6 cm³/mol. The molecule has 114 valence electrons.